The molecule has 0 aromatic rings. The van der Waals surface area contributed by atoms with Crippen LogP contribution in [0.2, 0.25) is 18.1 Å². The Bertz CT molecular complexity index is 302. The summed E-state index contributed by atoms with van der Waals surface area (Å²) in [4.78, 5) is 11.2. The van der Waals surface area contributed by atoms with Crippen LogP contribution in [0, 0.1) is 0 Å². The molecule has 0 aromatic carbocycles. The zero-order valence-corrected chi connectivity index (χ0v) is 12.6. The van der Waals surface area contributed by atoms with E-state index in [1.807, 2.05) is 0 Å². The topological polar surface area (TPSA) is 35.5 Å². The van der Waals surface area contributed by atoms with Gasteiger partial charge in [0.25, 0.3) is 0 Å². The SMILES string of the molecule is CC(C)(C)[Si](C)(C)OCC[C@@H]1CC(=O)C=CO1. The van der Waals surface area contributed by atoms with Gasteiger partial charge in [0.15, 0.2) is 14.1 Å². The lowest BCUT2D eigenvalue weighted by Gasteiger charge is -2.36. The summed E-state index contributed by atoms with van der Waals surface area (Å²) >= 11 is 0. The summed E-state index contributed by atoms with van der Waals surface area (Å²) in [7, 11) is -1.66. The Labute approximate surface area is 105 Å². The predicted octanol–water partition coefficient (Wildman–Crippen LogP) is 3.27. The third-order valence-electron chi connectivity index (χ3n) is 3.66. The van der Waals surface area contributed by atoms with Crippen LogP contribution in [0.1, 0.15) is 33.6 Å². The number of ketones is 1. The Morgan fingerprint density at radius 3 is 2.65 bits per heavy atom. The van der Waals surface area contributed by atoms with Crippen molar-refractivity contribution < 1.29 is 14.0 Å². The van der Waals surface area contributed by atoms with E-state index in [0.29, 0.717) is 13.0 Å². The van der Waals surface area contributed by atoms with Crippen LogP contribution in [0.4, 0.5) is 0 Å². The third kappa shape index (κ3) is 4.28. The summed E-state index contributed by atoms with van der Waals surface area (Å²) in [6.45, 7) is 11.8. The summed E-state index contributed by atoms with van der Waals surface area (Å²) in [5.74, 6) is 0.147. The van der Waals surface area contributed by atoms with Crippen LogP contribution in [0.3, 0.4) is 0 Å². The van der Waals surface area contributed by atoms with Crippen LogP contribution in [0.15, 0.2) is 12.3 Å². The van der Waals surface area contributed by atoms with Gasteiger partial charge in [-0.1, -0.05) is 20.8 Å². The molecule has 4 heteroatoms. The first-order valence-electron chi connectivity index (χ1n) is 6.21. The van der Waals surface area contributed by atoms with Gasteiger partial charge in [-0.05, 0) is 18.1 Å². The number of carbonyl (C=O) groups excluding carboxylic acids is 1. The quantitative estimate of drug-likeness (QED) is 0.724. The number of ether oxygens (including phenoxy) is 1. The molecule has 1 aliphatic heterocycles. The number of hydrogen-bond donors (Lipinski definition) is 0. The average Bonchev–Trinajstić information content (AvgIpc) is 2.15. The normalized spacial score (nSPS) is 21.5. The van der Waals surface area contributed by atoms with Gasteiger partial charge in [-0.2, -0.15) is 0 Å². The van der Waals surface area contributed by atoms with Crippen molar-refractivity contribution in [2.75, 3.05) is 6.61 Å². The second-order valence-electron chi connectivity index (χ2n) is 6.13. The zero-order valence-electron chi connectivity index (χ0n) is 11.6. The highest BCUT2D eigenvalue weighted by Crippen LogP contribution is 2.36. The molecule has 0 amide bonds. The van der Waals surface area contributed by atoms with E-state index in [2.05, 4.69) is 33.9 Å². The zero-order chi connectivity index (χ0) is 13.1. The fraction of sp³-hybridized carbons (Fsp3) is 0.769. The molecule has 1 heterocycles. The molecule has 98 valence electrons. The molecular formula is C13H24O3Si. The lowest BCUT2D eigenvalue weighted by atomic mass is 10.1. The molecule has 17 heavy (non-hydrogen) atoms. The van der Waals surface area contributed by atoms with Crippen LogP contribution in [-0.4, -0.2) is 26.8 Å². The number of rotatable bonds is 4. The minimum Gasteiger partial charge on any atom is -0.497 e. The first-order valence-corrected chi connectivity index (χ1v) is 9.12. The highest BCUT2D eigenvalue weighted by atomic mass is 28.4. The molecule has 0 aliphatic carbocycles. The second-order valence-corrected chi connectivity index (χ2v) is 10.9. The van der Waals surface area contributed by atoms with Crippen molar-refractivity contribution in [3.63, 3.8) is 0 Å². The number of carbonyl (C=O) groups is 1. The summed E-state index contributed by atoms with van der Waals surface area (Å²) in [6.07, 6.45) is 4.27. The van der Waals surface area contributed by atoms with E-state index >= 15 is 0 Å². The molecule has 0 saturated carbocycles. The van der Waals surface area contributed by atoms with Gasteiger partial charge >= 0.3 is 0 Å². The van der Waals surface area contributed by atoms with Gasteiger partial charge in [0.2, 0.25) is 0 Å². The van der Waals surface area contributed by atoms with E-state index in [9.17, 15) is 4.79 Å². The first-order chi connectivity index (χ1) is 7.72. The minimum atomic E-state index is -1.66. The van der Waals surface area contributed by atoms with Crippen molar-refractivity contribution >= 4 is 14.1 Å². The van der Waals surface area contributed by atoms with Crippen molar-refractivity contribution in [3.8, 4) is 0 Å². The van der Waals surface area contributed by atoms with E-state index in [-0.39, 0.29) is 16.9 Å². The van der Waals surface area contributed by atoms with Crippen LogP contribution >= 0.6 is 0 Å². The Kier molecular flexibility index (Phi) is 4.55. The highest BCUT2D eigenvalue weighted by molar-refractivity contribution is 6.74. The highest BCUT2D eigenvalue weighted by Gasteiger charge is 2.37. The van der Waals surface area contributed by atoms with Crippen LogP contribution in [-0.2, 0) is 14.0 Å². The standard InChI is InChI=1S/C13H24O3Si/c1-13(2,3)17(4,5)16-9-7-12-10-11(14)6-8-15-12/h6,8,12H,7,9-10H2,1-5H3/t12-/m1/s1. The van der Waals surface area contributed by atoms with Crippen LogP contribution in [0.25, 0.3) is 0 Å². The molecule has 3 nitrogen and oxygen atoms in total. The Balaban J connectivity index is 2.33. The van der Waals surface area contributed by atoms with E-state index in [1.54, 1.807) is 0 Å². The lowest BCUT2D eigenvalue weighted by Crippen LogP contribution is -2.41. The first kappa shape index (κ1) is 14.4. The van der Waals surface area contributed by atoms with Gasteiger partial charge in [-0.15, -0.1) is 0 Å². The van der Waals surface area contributed by atoms with Crippen LogP contribution < -0.4 is 0 Å². The van der Waals surface area contributed by atoms with Crippen molar-refractivity contribution in [1.29, 1.82) is 0 Å². The molecule has 0 spiro atoms. The number of allylic oxidation sites excluding steroid dienone is 1. The molecule has 0 radical (unpaired) electrons. The monoisotopic (exact) mass is 256 g/mol. The molecule has 1 atom stereocenters. The molecular weight excluding hydrogens is 232 g/mol. The summed E-state index contributed by atoms with van der Waals surface area (Å²) in [5.41, 5.74) is 0. The van der Waals surface area contributed by atoms with Gasteiger partial charge < -0.3 is 9.16 Å². The molecule has 0 fully saturated rings. The molecule has 0 bridgehead atoms. The van der Waals surface area contributed by atoms with Crippen molar-refractivity contribution in [1.82, 2.24) is 0 Å². The van der Waals surface area contributed by atoms with E-state index in [1.165, 1.54) is 12.3 Å². The fourth-order valence-corrected chi connectivity index (χ4v) is 2.46. The Morgan fingerprint density at radius 2 is 2.12 bits per heavy atom. The molecule has 0 saturated heterocycles. The maximum atomic E-state index is 11.2. The second kappa shape index (κ2) is 5.36. The molecule has 0 aromatic heterocycles. The maximum Gasteiger partial charge on any atom is 0.191 e. The Hall–Kier alpha value is -0.613. The smallest absolute Gasteiger partial charge is 0.191 e. The lowest BCUT2D eigenvalue weighted by molar-refractivity contribution is -0.118. The van der Waals surface area contributed by atoms with Gasteiger partial charge in [0.1, 0.15) is 6.10 Å². The maximum absolute atomic E-state index is 11.2. The van der Waals surface area contributed by atoms with Crippen molar-refractivity contribution in [3.05, 3.63) is 12.3 Å². The molecule has 1 aliphatic rings. The predicted molar refractivity (Wildman–Crippen MR) is 71.4 cm³/mol. The summed E-state index contributed by atoms with van der Waals surface area (Å²) in [6, 6.07) is 0. The van der Waals surface area contributed by atoms with E-state index in [4.69, 9.17) is 9.16 Å². The van der Waals surface area contributed by atoms with Gasteiger partial charge in [0.05, 0.1) is 6.26 Å². The summed E-state index contributed by atoms with van der Waals surface area (Å²) in [5, 5.41) is 0.232. The van der Waals surface area contributed by atoms with Crippen LogP contribution in [0.5, 0.6) is 0 Å². The van der Waals surface area contributed by atoms with Crippen molar-refractivity contribution in [2.24, 2.45) is 0 Å². The minimum absolute atomic E-state index is 0.00253. The molecule has 0 N–H and O–H groups in total. The van der Waals surface area contributed by atoms with E-state index < -0.39 is 8.32 Å². The fourth-order valence-electron chi connectivity index (χ4n) is 1.40. The van der Waals surface area contributed by atoms with Gasteiger partial charge in [-0.25, -0.2) is 0 Å². The Morgan fingerprint density at radius 1 is 1.47 bits per heavy atom. The van der Waals surface area contributed by atoms with E-state index in [0.717, 1.165) is 6.42 Å². The number of hydrogen-bond acceptors (Lipinski definition) is 3. The largest absolute Gasteiger partial charge is 0.497 e. The molecule has 0 unspecified atom stereocenters. The summed E-state index contributed by atoms with van der Waals surface area (Å²) < 4.78 is 11.4. The molecule has 1 rings (SSSR count). The average molecular weight is 256 g/mol. The van der Waals surface area contributed by atoms with Gasteiger partial charge in [0, 0.05) is 25.5 Å². The van der Waals surface area contributed by atoms with Gasteiger partial charge in [-0.3, -0.25) is 4.79 Å². The van der Waals surface area contributed by atoms with Crippen molar-refractivity contribution in [2.45, 2.75) is 57.8 Å². The third-order valence-corrected chi connectivity index (χ3v) is 8.20.